The van der Waals surface area contributed by atoms with Crippen molar-refractivity contribution in [3.8, 4) is 6.07 Å². The summed E-state index contributed by atoms with van der Waals surface area (Å²) < 4.78 is 10.3. The molecule has 6 nitrogen and oxygen atoms in total. The minimum atomic E-state index is -0.228. The number of nitrogens with one attached hydrogen (secondary N) is 2. The van der Waals surface area contributed by atoms with Crippen LogP contribution in [-0.2, 0) is 9.47 Å². The summed E-state index contributed by atoms with van der Waals surface area (Å²) in [7, 11) is 3.20. The van der Waals surface area contributed by atoms with Gasteiger partial charge in [0.1, 0.15) is 30.2 Å². The fourth-order valence-electron chi connectivity index (χ4n) is 1.51. The summed E-state index contributed by atoms with van der Waals surface area (Å²) in [4.78, 5) is 4.38. The van der Waals surface area contributed by atoms with Crippen LogP contribution in [0, 0.1) is 18.3 Å². The Morgan fingerprint density at radius 3 is 2.32 bits per heavy atom. The van der Waals surface area contributed by atoms with E-state index in [0.29, 0.717) is 17.2 Å². The average Bonchev–Trinajstić information content (AvgIpc) is 2.38. The van der Waals surface area contributed by atoms with Crippen molar-refractivity contribution in [1.82, 2.24) is 4.98 Å². The number of rotatable bonds is 6. The maximum absolute atomic E-state index is 9.19. The number of aromatic nitrogens is 1. The van der Waals surface area contributed by atoms with E-state index in [4.69, 9.17) is 9.47 Å². The molecule has 2 atom stereocenters. The number of methoxy groups -OCH3 is 2. The van der Waals surface area contributed by atoms with Crippen LogP contribution in [0.15, 0.2) is 6.07 Å². The summed E-state index contributed by atoms with van der Waals surface area (Å²) in [5, 5.41) is 15.3. The van der Waals surface area contributed by atoms with E-state index in [-0.39, 0.29) is 12.5 Å². The van der Waals surface area contributed by atoms with Crippen LogP contribution in [0.3, 0.4) is 0 Å². The molecular formula is C13H20N4O2. The fourth-order valence-corrected chi connectivity index (χ4v) is 1.51. The number of pyridine rings is 1. The smallest absolute Gasteiger partial charge is 0.148 e. The summed E-state index contributed by atoms with van der Waals surface area (Å²) in [6, 6.07) is 3.96. The molecule has 0 saturated heterocycles. The van der Waals surface area contributed by atoms with Crippen LogP contribution < -0.4 is 10.6 Å². The van der Waals surface area contributed by atoms with Crippen LogP contribution in [0.5, 0.6) is 0 Å². The van der Waals surface area contributed by atoms with E-state index in [1.807, 2.05) is 26.8 Å². The molecule has 0 aliphatic carbocycles. The van der Waals surface area contributed by atoms with Crippen LogP contribution in [0.25, 0.3) is 0 Å². The standard InChI is InChI=1S/C13H20N4O2/c1-8-6-12(15-9(2)18-4)17-13(11(8)7-14)16-10(3)19-5/h6,9-10H,1-5H3,(H2,15,16,17). The maximum Gasteiger partial charge on any atom is 0.148 e. The van der Waals surface area contributed by atoms with E-state index in [1.165, 1.54) is 0 Å². The van der Waals surface area contributed by atoms with Gasteiger partial charge in [-0.3, -0.25) is 0 Å². The molecule has 1 aromatic rings. The van der Waals surface area contributed by atoms with E-state index >= 15 is 0 Å². The van der Waals surface area contributed by atoms with Crippen LogP contribution in [0.2, 0.25) is 0 Å². The first kappa shape index (κ1) is 15.2. The van der Waals surface area contributed by atoms with Gasteiger partial charge in [0.25, 0.3) is 0 Å². The Hall–Kier alpha value is -1.84. The molecule has 1 aromatic heterocycles. The first-order valence-electron chi connectivity index (χ1n) is 6.02. The van der Waals surface area contributed by atoms with Gasteiger partial charge in [-0.25, -0.2) is 4.98 Å². The third-order valence-electron chi connectivity index (χ3n) is 2.73. The van der Waals surface area contributed by atoms with E-state index in [1.54, 1.807) is 14.2 Å². The zero-order chi connectivity index (χ0) is 14.4. The fraction of sp³-hybridized carbons (Fsp3) is 0.538. The molecule has 0 amide bonds. The number of hydrogen-bond acceptors (Lipinski definition) is 6. The molecule has 0 aliphatic rings. The highest BCUT2D eigenvalue weighted by Crippen LogP contribution is 2.21. The Labute approximate surface area is 113 Å². The highest BCUT2D eigenvalue weighted by molar-refractivity contribution is 5.61. The van der Waals surface area contributed by atoms with Crippen LogP contribution in [0.4, 0.5) is 11.6 Å². The number of nitriles is 1. The van der Waals surface area contributed by atoms with E-state index < -0.39 is 0 Å². The second-order valence-corrected chi connectivity index (χ2v) is 4.20. The van der Waals surface area contributed by atoms with Gasteiger partial charge in [-0.15, -0.1) is 0 Å². The van der Waals surface area contributed by atoms with Gasteiger partial charge in [-0.05, 0) is 32.4 Å². The van der Waals surface area contributed by atoms with Gasteiger partial charge in [0.05, 0.1) is 5.56 Å². The molecule has 0 aromatic carbocycles. The lowest BCUT2D eigenvalue weighted by molar-refractivity contribution is 0.140. The topological polar surface area (TPSA) is 79.2 Å². The lowest BCUT2D eigenvalue weighted by atomic mass is 10.1. The molecule has 6 heteroatoms. The van der Waals surface area contributed by atoms with Crippen molar-refractivity contribution in [2.24, 2.45) is 0 Å². The minimum Gasteiger partial charge on any atom is -0.362 e. The molecule has 0 bridgehead atoms. The largest absolute Gasteiger partial charge is 0.362 e. The second kappa shape index (κ2) is 6.92. The molecule has 0 radical (unpaired) electrons. The normalized spacial score (nSPS) is 13.5. The van der Waals surface area contributed by atoms with Crippen LogP contribution in [-0.4, -0.2) is 31.7 Å². The molecule has 104 valence electrons. The predicted molar refractivity (Wildman–Crippen MR) is 73.9 cm³/mol. The van der Waals surface area contributed by atoms with Gasteiger partial charge in [-0.2, -0.15) is 5.26 Å². The first-order chi connectivity index (χ1) is 9.01. The lowest BCUT2D eigenvalue weighted by Crippen LogP contribution is -2.21. The number of ether oxygens (including phenoxy) is 2. The summed E-state index contributed by atoms with van der Waals surface area (Å²) in [6.07, 6.45) is -0.387. The molecule has 1 heterocycles. The Kier molecular flexibility index (Phi) is 5.55. The van der Waals surface area contributed by atoms with Crippen molar-refractivity contribution in [3.05, 3.63) is 17.2 Å². The van der Waals surface area contributed by atoms with Crippen molar-refractivity contribution in [2.75, 3.05) is 24.9 Å². The highest BCUT2D eigenvalue weighted by Gasteiger charge is 2.12. The molecular weight excluding hydrogens is 244 g/mol. The lowest BCUT2D eigenvalue weighted by Gasteiger charge is -2.18. The SMILES string of the molecule is COC(C)Nc1cc(C)c(C#N)c(NC(C)OC)n1. The van der Waals surface area contributed by atoms with Crippen molar-refractivity contribution in [2.45, 2.75) is 33.2 Å². The molecule has 2 unspecified atom stereocenters. The molecule has 0 fully saturated rings. The Morgan fingerprint density at radius 2 is 1.79 bits per heavy atom. The average molecular weight is 264 g/mol. The minimum absolute atomic E-state index is 0.160. The van der Waals surface area contributed by atoms with Crippen LogP contribution >= 0.6 is 0 Å². The molecule has 0 aliphatic heterocycles. The Balaban J connectivity index is 3.08. The van der Waals surface area contributed by atoms with Gasteiger partial charge in [0.2, 0.25) is 0 Å². The van der Waals surface area contributed by atoms with Crippen molar-refractivity contribution < 1.29 is 9.47 Å². The zero-order valence-corrected chi connectivity index (χ0v) is 11.9. The maximum atomic E-state index is 9.19. The van der Waals surface area contributed by atoms with Gasteiger partial charge in [0.15, 0.2) is 0 Å². The third kappa shape index (κ3) is 4.09. The first-order valence-corrected chi connectivity index (χ1v) is 6.02. The molecule has 1 rings (SSSR count). The van der Waals surface area contributed by atoms with E-state index in [2.05, 4.69) is 21.7 Å². The quantitative estimate of drug-likeness (QED) is 0.766. The molecule has 19 heavy (non-hydrogen) atoms. The summed E-state index contributed by atoms with van der Waals surface area (Å²) >= 11 is 0. The summed E-state index contributed by atoms with van der Waals surface area (Å²) in [5.74, 6) is 1.15. The van der Waals surface area contributed by atoms with Crippen molar-refractivity contribution >= 4 is 11.6 Å². The number of aryl methyl sites for hydroxylation is 1. The second-order valence-electron chi connectivity index (χ2n) is 4.20. The van der Waals surface area contributed by atoms with Gasteiger partial charge >= 0.3 is 0 Å². The van der Waals surface area contributed by atoms with Crippen molar-refractivity contribution in [3.63, 3.8) is 0 Å². The van der Waals surface area contributed by atoms with Crippen molar-refractivity contribution in [1.29, 1.82) is 5.26 Å². The summed E-state index contributed by atoms with van der Waals surface area (Å²) in [6.45, 7) is 5.58. The highest BCUT2D eigenvalue weighted by atomic mass is 16.5. The number of hydrogen-bond donors (Lipinski definition) is 2. The molecule has 2 N–H and O–H groups in total. The zero-order valence-electron chi connectivity index (χ0n) is 11.9. The Bertz CT molecular complexity index is 470. The van der Waals surface area contributed by atoms with E-state index in [9.17, 15) is 5.26 Å². The van der Waals surface area contributed by atoms with Gasteiger partial charge in [-0.1, -0.05) is 0 Å². The monoisotopic (exact) mass is 264 g/mol. The van der Waals surface area contributed by atoms with Gasteiger partial charge in [0, 0.05) is 14.2 Å². The number of anilines is 2. The Morgan fingerprint density at radius 1 is 1.21 bits per heavy atom. The molecule has 0 saturated carbocycles. The third-order valence-corrected chi connectivity index (χ3v) is 2.73. The van der Waals surface area contributed by atoms with E-state index in [0.717, 1.165) is 5.56 Å². The predicted octanol–water partition coefficient (Wildman–Crippen LogP) is 2.07. The van der Waals surface area contributed by atoms with Crippen LogP contribution in [0.1, 0.15) is 25.0 Å². The number of nitrogens with zero attached hydrogens (tertiary/aromatic N) is 2. The summed E-state index contributed by atoms with van der Waals surface area (Å²) in [5.41, 5.74) is 1.36. The van der Waals surface area contributed by atoms with Gasteiger partial charge < -0.3 is 20.1 Å². The molecule has 0 spiro atoms.